The fourth-order valence-corrected chi connectivity index (χ4v) is 4.92. The van der Waals surface area contributed by atoms with Crippen LogP contribution in [0.3, 0.4) is 0 Å². The van der Waals surface area contributed by atoms with E-state index in [-0.39, 0.29) is 5.91 Å². The first-order valence-corrected chi connectivity index (χ1v) is 12.0. The van der Waals surface area contributed by atoms with Crippen LogP contribution in [0, 0.1) is 5.41 Å². The molecular formula is C27H36N2O2. The first kappa shape index (κ1) is 21.9. The molecule has 4 rings (SSSR count). The van der Waals surface area contributed by atoms with Crippen molar-refractivity contribution in [2.75, 3.05) is 32.8 Å². The highest BCUT2D eigenvalue weighted by Crippen LogP contribution is 2.41. The van der Waals surface area contributed by atoms with Gasteiger partial charge in [-0.25, -0.2) is 0 Å². The van der Waals surface area contributed by atoms with E-state index >= 15 is 0 Å². The normalized spacial score (nSPS) is 18.8. The molecule has 4 nitrogen and oxygen atoms in total. The van der Waals surface area contributed by atoms with Crippen LogP contribution in [-0.4, -0.2) is 48.5 Å². The number of hydrogen-bond acceptors (Lipinski definition) is 3. The highest BCUT2D eigenvalue weighted by atomic mass is 16.5. The Kier molecular flexibility index (Phi) is 7.29. The maximum Gasteiger partial charge on any atom is 0.253 e. The summed E-state index contributed by atoms with van der Waals surface area (Å²) in [7, 11) is 0. The average Bonchev–Trinajstić information content (AvgIpc) is 2.82. The van der Waals surface area contributed by atoms with Crippen LogP contribution < -0.4 is 4.74 Å². The van der Waals surface area contributed by atoms with Crippen molar-refractivity contribution < 1.29 is 9.53 Å². The van der Waals surface area contributed by atoms with Gasteiger partial charge in [0.15, 0.2) is 0 Å². The van der Waals surface area contributed by atoms with Gasteiger partial charge in [-0.15, -0.1) is 0 Å². The van der Waals surface area contributed by atoms with Gasteiger partial charge in [0.2, 0.25) is 0 Å². The lowest BCUT2D eigenvalue weighted by molar-refractivity contribution is 0.0285. The first-order valence-electron chi connectivity index (χ1n) is 12.0. The van der Waals surface area contributed by atoms with E-state index in [0.717, 1.165) is 63.2 Å². The summed E-state index contributed by atoms with van der Waals surface area (Å²) in [5.74, 6) is 1.02. The molecule has 2 aliphatic rings. The van der Waals surface area contributed by atoms with Crippen molar-refractivity contribution >= 4 is 5.91 Å². The molecule has 0 aliphatic carbocycles. The molecular weight excluding hydrogens is 384 g/mol. The number of rotatable bonds is 7. The fourth-order valence-electron chi connectivity index (χ4n) is 4.92. The van der Waals surface area contributed by atoms with Crippen LogP contribution in [0.2, 0.25) is 0 Å². The summed E-state index contributed by atoms with van der Waals surface area (Å²) < 4.78 is 5.72. The summed E-state index contributed by atoms with van der Waals surface area (Å²) in [6, 6.07) is 18.5. The van der Waals surface area contributed by atoms with Crippen molar-refractivity contribution in [3.63, 3.8) is 0 Å². The van der Waals surface area contributed by atoms with Crippen LogP contribution in [0.1, 0.15) is 61.4 Å². The maximum atomic E-state index is 13.0. The second kappa shape index (κ2) is 10.3. The molecule has 0 bridgehead atoms. The summed E-state index contributed by atoms with van der Waals surface area (Å²) in [6.45, 7) is 8.05. The van der Waals surface area contributed by atoms with Crippen molar-refractivity contribution in [2.45, 2.75) is 52.0 Å². The van der Waals surface area contributed by atoms with E-state index in [4.69, 9.17) is 4.74 Å². The molecule has 2 aromatic rings. The van der Waals surface area contributed by atoms with E-state index < -0.39 is 0 Å². The molecule has 0 aromatic heterocycles. The van der Waals surface area contributed by atoms with Crippen molar-refractivity contribution in [1.82, 2.24) is 9.80 Å². The first-order chi connectivity index (χ1) is 15.2. The molecule has 2 heterocycles. The number of ether oxygens (including phenoxy) is 1. The second-order valence-electron chi connectivity index (χ2n) is 9.28. The van der Waals surface area contributed by atoms with Gasteiger partial charge in [0.05, 0.1) is 6.61 Å². The van der Waals surface area contributed by atoms with E-state index in [2.05, 4.69) is 47.1 Å². The zero-order chi connectivity index (χ0) is 21.5. The van der Waals surface area contributed by atoms with E-state index in [1.807, 2.05) is 24.3 Å². The number of unbranched alkanes of at least 4 members (excludes halogenated alkanes) is 1. The van der Waals surface area contributed by atoms with Crippen molar-refractivity contribution in [1.29, 1.82) is 0 Å². The molecule has 0 saturated carbocycles. The molecule has 2 aromatic carbocycles. The maximum absolute atomic E-state index is 13.0. The Labute approximate surface area is 187 Å². The van der Waals surface area contributed by atoms with Crippen molar-refractivity contribution in [3.05, 3.63) is 65.7 Å². The van der Waals surface area contributed by atoms with Gasteiger partial charge in [0.1, 0.15) is 5.75 Å². The van der Waals surface area contributed by atoms with Gasteiger partial charge in [-0.1, -0.05) is 43.7 Å². The van der Waals surface area contributed by atoms with Gasteiger partial charge in [-0.2, -0.15) is 0 Å². The lowest BCUT2D eigenvalue weighted by Gasteiger charge is -2.47. The molecule has 0 radical (unpaired) electrons. The minimum Gasteiger partial charge on any atom is -0.494 e. The number of likely N-dealkylation sites (tertiary alicyclic amines) is 2. The van der Waals surface area contributed by atoms with E-state index in [0.29, 0.717) is 5.41 Å². The predicted octanol–water partition coefficient (Wildman–Crippen LogP) is 5.38. The Balaban J connectivity index is 1.24. The van der Waals surface area contributed by atoms with Gasteiger partial charge in [0.25, 0.3) is 5.91 Å². The Morgan fingerprint density at radius 3 is 2.19 bits per heavy atom. The molecule has 0 unspecified atom stereocenters. The molecule has 31 heavy (non-hydrogen) atoms. The third-order valence-electron chi connectivity index (χ3n) is 7.14. The van der Waals surface area contributed by atoms with Crippen LogP contribution >= 0.6 is 0 Å². The number of hydrogen-bond donors (Lipinski definition) is 0. The van der Waals surface area contributed by atoms with Crippen LogP contribution in [0.15, 0.2) is 54.6 Å². The number of nitrogens with zero attached hydrogens (tertiary/aromatic N) is 2. The van der Waals surface area contributed by atoms with E-state index in [9.17, 15) is 4.79 Å². The topological polar surface area (TPSA) is 32.8 Å². The van der Waals surface area contributed by atoms with Crippen LogP contribution in [0.5, 0.6) is 5.75 Å². The molecule has 0 atom stereocenters. The lowest BCUT2D eigenvalue weighted by Crippen LogP contribution is -2.48. The summed E-state index contributed by atoms with van der Waals surface area (Å²) >= 11 is 0. The van der Waals surface area contributed by atoms with E-state index in [1.165, 1.54) is 31.5 Å². The Morgan fingerprint density at radius 1 is 0.903 bits per heavy atom. The highest BCUT2D eigenvalue weighted by molar-refractivity contribution is 5.94. The minimum absolute atomic E-state index is 0.163. The monoisotopic (exact) mass is 420 g/mol. The summed E-state index contributed by atoms with van der Waals surface area (Å²) in [5, 5.41) is 0. The number of amides is 1. The Morgan fingerprint density at radius 2 is 1.55 bits per heavy atom. The highest BCUT2D eigenvalue weighted by Gasteiger charge is 2.38. The zero-order valence-corrected chi connectivity index (χ0v) is 18.9. The molecule has 2 aliphatic heterocycles. The average molecular weight is 421 g/mol. The van der Waals surface area contributed by atoms with Crippen LogP contribution in [0.25, 0.3) is 0 Å². The quantitative estimate of drug-likeness (QED) is 0.564. The van der Waals surface area contributed by atoms with Crippen LogP contribution in [0.4, 0.5) is 0 Å². The van der Waals surface area contributed by atoms with Gasteiger partial charge >= 0.3 is 0 Å². The van der Waals surface area contributed by atoms with Gasteiger partial charge in [-0.3, -0.25) is 9.69 Å². The second-order valence-corrected chi connectivity index (χ2v) is 9.28. The zero-order valence-electron chi connectivity index (χ0n) is 18.9. The van der Waals surface area contributed by atoms with Gasteiger partial charge < -0.3 is 9.64 Å². The van der Waals surface area contributed by atoms with Crippen LogP contribution in [-0.2, 0) is 6.54 Å². The lowest BCUT2D eigenvalue weighted by atomic mass is 9.71. The Bertz CT molecular complexity index is 816. The van der Waals surface area contributed by atoms with Crippen molar-refractivity contribution in [2.24, 2.45) is 5.41 Å². The predicted molar refractivity (Wildman–Crippen MR) is 125 cm³/mol. The molecule has 1 spiro atoms. The third kappa shape index (κ3) is 5.68. The molecule has 166 valence electrons. The summed E-state index contributed by atoms with van der Waals surface area (Å²) in [4.78, 5) is 17.6. The third-order valence-corrected chi connectivity index (χ3v) is 7.14. The Hall–Kier alpha value is -2.33. The number of piperidine rings is 2. The molecule has 0 N–H and O–H groups in total. The van der Waals surface area contributed by atoms with E-state index in [1.54, 1.807) is 0 Å². The van der Waals surface area contributed by atoms with Gasteiger partial charge in [0, 0.05) is 25.2 Å². The molecule has 4 heteroatoms. The molecule has 2 fully saturated rings. The number of carbonyl (C=O) groups is 1. The fraction of sp³-hybridized carbons (Fsp3) is 0.519. The van der Waals surface area contributed by atoms with Crippen molar-refractivity contribution in [3.8, 4) is 5.75 Å². The minimum atomic E-state index is 0.163. The molecule has 1 amide bonds. The largest absolute Gasteiger partial charge is 0.494 e. The summed E-state index contributed by atoms with van der Waals surface area (Å²) in [5.41, 5.74) is 2.61. The van der Waals surface area contributed by atoms with Gasteiger partial charge in [-0.05, 0) is 80.4 Å². The molecule has 2 saturated heterocycles. The smallest absolute Gasteiger partial charge is 0.253 e. The standard InChI is InChI=1S/C27H36N2O2/c1-2-3-21-31-25-11-9-24(10-12-25)26(30)29-19-15-27(16-20-29)13-17-28(18-14-27)22-23-7-5-4-6-8-23/h4-12H,2-3,13-22H2,1H3. The SMILES string of the molecule is CCCCOc1ccc(C(=O)N2CCC3(CCN(Cc4ccccc4)CC3)CC2)cc1. The number of benzene rings is 2. The number of carbonyl (C=O) groups excluding carboxylic acids is 1. The summed E-state index contributed by atoms with van der Waals surface area (Å²) in [6.07, 6.45) is 6.96.